The highest BCUT2D eigenvalue weighted by molar-refractivity contribution is 7.20. The molecule has 1 atom stereocenters. The average Bonchev–Trinajstić information content (AvgIpc) is 3.03. The molecule has 1 aromatic heterocycles. The molecular formula is C17H13F3N2O2S. The number of hydrogen-bond acceptors (Lipinski definition) is 4. The van der Waals surface area contributed by atoms with Gasteiger partial charge in [0, 0.05) is 0 Å². The molecule has 8 heteroatoms. The van der Waals surface area contributed by atoms with Gasteiger partial charge < -0.3 is 10.4 Å². The van der Waals surface area contributed by atoms with Crippen LogP contribution in [-0.4, -0.2) is 28.7 Å². The molecule has 4 nitrogen and oxygen atoms in total. The number of amides is 1. The molecule has 0 aliphatic rings. The summed E-state index contributed by atoms with van der Waals surface area (Å²) in [5, 5.41) is 12.4. The van der Waals surface area contributed by atoms with Crippen molar-refractivity contribution in [2.75, 3.05) is 6.54 Å². The number of hydrogen-bond donors (Lipinski definition) is 2. The first-order valence-electron chi connectivity index (χ1n) is 7.30. The third kappa shape index (κ3) is 3.35. The summed E-state index contributed by atoms with van der Waals surface area (Å²) < 4.78 is 40.9. The Kier molecular flexibility index (Phi) is 4.49. The average molecular weight is 366 g/mol. The van der Waals surface area contributed by atoms with Gasteiger partial charge >= 0.3 is 6.18 Å². The molecule has 130 valence electrons. The summed E-state index contributed by atoms with van der Waals surface area (Å²) in [7, 11) is 0. The van der Waals surface area contributed by atoms with E-state index in [1.165, 1.54) is 12.1 Å². The van der Waals surface area contributed by atoms with Crippen molar-refractivity contribution in [1.29, 1.82) is 0 Å². The molecule has 0 saturated heterocycles. The fraction of sp³-hybridized carbons (Fsp3) is 0.176. The molecule has 0 bridgehead atoms. The van der Waals surface area contributed by atoms with Crippen LogP contribution in [0.2, 0.25) is 0 Å². The molecule has 2 N–H and O–H groups in total. The number of aromatic nitrogens is 1. The number of carbonyl (C=O) groups excluding carboxylic acids is 1. The molecule has 1 heterocycles. The fourth-order valence-corrected chi connectivity index (χ4v) is 3.21. The van der Waals surface area contributed by atoms with E-state index in [9.17, 15) is 23.1 Å². The minimum Gasteiger partial charge on any atom is -0.375 e. The predicted octanol–water partition coefficient (Wildman–Crippen LogP) is 3.48. The number of benzene rings is 2. The van der Waals surface area contributed by atoms with Gasteiger partial charge in [-0.2, -0.15) is 13.2 Å². The Morgan fingerprint density at radius 2 is 1.72 bits per heavy atom. The summed E-state index contributed by atoms with van der Waals surface area (Å²) in [5.74, 6) is -0.764. The van der Waals surface area contributed by atoms with Gasteiger partial charge in [0.15, 0.2) is 5.01 Å². The van der Waals surface area contributed by atoms with E-state index < -0.39 is 24.2 Å². The van der Waals surface area contributed by atoms with Crippen LogP contribution in [0.1, 0.15) is 15.4 Å². The van der Waals surface area contributed by atoms with Crippen molar-refractivity contribution in [2.45, 2.75) is 11.8 Å². The van der Waals surface area contributed by atoms with Crippen LogP contribution in [0.4, 0.5) is 13.2 Å². The topological polar surface area (TPSA) is 62.2 Å². The van der Waals surface area contributed by atoms with E-state index in [1.54, 1.807) is 30.3 Å². The van der Waals surface area contributed by atoms with Crippen LogP contribution >= 0.6 is 11.3 Å². The van der Waals surface area contributed by atoms with Gasteiger partial charge in [-0.05, 0) is 17.7 Å². The summed E-state index contributed by atoms with van der Waals surface area (Å²) in [4.78, 5) is 16.3. The van der Waals surface area contributed by atoms with Gasteiger partial charge in [-0.25, -0.2) is 4.98 Å². The molecule has 0 aliphatic heterocycles. The second kappa shape index (κ2) is 6.45. The Hall–Kier alpha value is -2.45. The fourth-order valence-electron chi connectivity index (χ4n) is 2.33. The molecule has 3 aromatic rings. The number of alkyl halides is 3. The number of aliphatic hydroxyl groups is 1. The zero-order valence-electron chi connectivity index (χ0n) is 12.7. The Bertz CT molecular complexity index is 863. The van der Waals surface area contributed by atoms with Crippen molar-refractivity contribution < 1.29 is 23.1 Å². The number of carbonyl (C=O) groups is 1. The maximum absolute atomic E-state index is 13.4. The minimum atomic E-state index is -4.95. The lowest BCUT2D eigenvalue weighted by atomic mass is 9.93. The van der Waals surface area contributed by atoms with Crippen molar-refractivity contribution in [3.05, 3.63) is 65.2 Å². The standard InChI is InChI=1S/C17H13F3N2O2S/c18-17(19,20)16(24,11-6-2-1-3-7-11)10-21-14(23)15-22-12-8-4-5-9-13(12)25-15/h1-9,24H,10H2,(H,21,23)/t16-/m0/s1. The minimum absolute atomic E-state index is 0.0405. The Morgan fingerprint density at radius 1 is 1.08 bits per heavy atom. The number of nitrogens with one attached hydrogen (secondary N) is 1. The van der Waals surface area contributed by atoms with E-state index in [0.717, 1.165) is 28.2 Å². The maximum atomic E-state index is 13.4. The first-order valence-corrected chi connectivity index (χ1v) is 8.11. The molecular weight excluding hydrogens is 353 g/mol. The molecule has 0 radical (unpaired) electrons. The van der Waals surface area contributed by atoms with Gasteiger partial charge in [-0.15, -0.1) is 11.3 Å². The number of fused-ring (bicyclic) bond motifs is 1. The van der Waals surface area contributed by atoms with E-state index >= 15 is 0 Å². The molecule has 0 aliphatic carbocycles. The van der Waals surface area contributed by atoms with Crippen molar-refractivity contribution in [3.63, 3.8) is 0 Å². The summed E-state index contributed by atoms with van der Waals surface area (Å²) in [6.07, 6.45) is -4.95. The van der Waals surface area contributed by atoms with Gasteiger partial charge in [-0.3, -0.25) is 4.79 Å². The van der Waals surface area contributed by atoms with E-state index in [1.807, 2.05) is 0 Å². The lowest BCUT2D eigenvalue weighted by molar-refractivity contribution is -0.263. The van der Waals surface area contributed by atoms with Crippen molar-refractivity contribution in [1.82, 2.24) is 10.3 Å². The number of rotatable bonds is 4. The quantitative estimate of drug-likeness (QED) is 0.743. The Morgan fingerprint density at radius 3 is 2.36 bits per heavy atom. The first kappa shape index (κ1) is 17.4. The molecule has 3 rings (SSSR count). The van der Waals surface area contributed by atoms with Crippen LogP contribution in [0, 0.1) is 0 Å². The second-order valence-corrected chi connectivity index (χ2v) is 6.42. The van der Waals surface area contributed by atoms with Crippen molar-refractivity contribution in [2.24, 2.45) is 0 Å². The lowest BCUT2D eigenvalue weighted by Crippen LogP contribution is -2.51. The summed E-state index contributed by atoms with van der Waals surface area (Å²) >= 11 is 1.07. The predicted molar refractivity (Wildman–Crippen MR) is 88.3 cm³/mol. The smallest absolute Gasteiger partial charge is 0.375 e. The van der Waals surface area contributed by atoms with E-state index in [4.69, 9.17) is 0 Å². The molecule has 25 heavy (non-hydrogen) atoms. The van der Waals surface area contributed by atoms with Gasteiger partial charge in [-0.1, -0.05) is 42.5 Å². The maximum Gasteiger partial charge on any atom is 0.423 e. The van der Waals surface area contributed by atoms with Crippen molar-refractivity contribution in [3.8, 4) is 0 Å². The number of para-hydroxylation sites is 1. The van der Waals surface area contributed by atoms with E-state index in [-0.39, 0.29) is 10.6 Å². The van der Waals surface area contributed by atoms with Gasteiger partial charge in [0.2, 0.25) is 5.60 Å². The summed E-state index contributed by atoms with van der Waals surface area (Å²) in [6, 6.07) is 13.7. The van der Waals surface area contributed by atoms with Crippen LogP contribution in [0.25, 0.3) is 10.2 Å². The molecule has 0 fully saturated rings. The zero-order chi connectivity index (χ0) is 18.1. The lowest BCUT2D eigenvalue weighted by Gasteiger charge is -2.31. The van der Waals surface area contributed by atoms with Crippen LogP contribution in [0.15, 0.2) is 54.6 Å². The number of halogens is 3. The first-order chi connectivity index (χ1) is 11.8. The number of thiazole rings is 1. The molecule has 0 spiro atoms. The third-order valence-electron chi connectivity index (χ3n) is 3.71. The zero-order valence-corrected chi connectivity index (χ0v) is 13.6. The monoisotopic (exact) mass is 366 g/mol. The van der Waals surface area contributed by atoms with Crippen molar-refractivity contribution >= 4 is 27.5 Å². The summed E-state index contributed by atoms with van der Waals surface area (Å²) in [6.45, 7) is -1.00. The Labute approximate surface area is 144 Å². The van der Waals surface area contributed by atoms with E-state index in [0.29, 0.717) is 5.52 Å². The number of nitrogens with zero attached hydrogens (tertiary/aromatic N) is 1. The molecule has 0 unspecified atom stereocenters. The van der Waals surface area contributed by atoms with Crippen LogP contribution < -0.4 is 5.32 Å². The summed E-state index contributed by atoms with van der Waals surface area (Å²) in [5.41, 5.74) is -2.93. The molecule has 2 aromatic carbocycles. The normalized spacial score (nSPS) is 14.2. The van der Waals surface area contributed by atoms with Gasteiger partial charge in [0.05, 0.1) is 16.8 Å². The van der Waals surface area contributed by atoms with Gasteiger partial charge in [0.1, 0.15) is 0 Å². The van der Waals surface area contributed by atoms with E-state index in [2.05, 4.69) is 10.3 Å². The van der Waals surface area contributed by atoms with Gasteiger partial charge in [0.25, 0.3) is 5.91 Å². The third-order valence-corrected chi connectivity index (χ3v) is 4.75. The highest BCUT2D eigenvalue weighted by atomic mass is 32.1. The second-order valence-electron chi connectivity index (χ2n) is 5.39. The largest absolute Gasteiger partial charge is 0.423 e. The van der Waals surface area contributed by atoms with Crippen LogP contribution in [0.3, 0.4) is 0 Å². The highest BCUT2D eigenvalue weighted by Crippen LogP contribution is 2.38. The molecule has 0 saturated carbocycles. The molecule has 1 amide bonds. The highest BCUT2D eigenvalue weighted by Gasteiger charge is 2.55. The Balaban J connectivity index is 1.82. The SMILES string of the molecule is O=C(NC[C@](O)(c1ccccc1)C(F)(F)F)c1nc2ccccc2s1. The van der Waals surface area contributed by atoms with Crippen LogP contribution in [0.5, 0.6) is 0 Å². The van der Waals surface area contributed by atoms with Crippen LogP contribution in [-0.2, 0) is 5.60 Å².